The molecule has 1 aromatic heterocycles. The zero-order valence-corrected chi connectivity index (χ0v) is 12.0. The molecule has 0 spiro atoms. The van der Waals surface area contributed by atoms with Crippen molar-refractivity contribution < 1.29 is 13.9 Å². The molecule has 1 amide bonds. The molecule has 1 aliphatic rings. The average Bonchev–Trinajstić information content (AvgIpc) is 2.98. The molecule has 2 N–H and O–H groups in total. The van der Waals surface area contributed by atoms with E-state index in [0.29, 0.717) is 19.7 Å². The maximum absolute atomic E-state index is 12.9. The summed E-state index contributed by atoms with van der Waals surface area (Å²) >= 11 is 1.48. The molecule has 1 atom stereocenters. The summed E-state index contributed by atoms with van der Waals surface area (Å²) in [5, 5.41) is 2.72. The van der Waals surface area contributed by atoms with Crippen LogP contribution in [0.25, 0.3) is 11.3 Å². The van der Waals surface area contributed by atoms with Crippen molar-refractivity contribution in [2.24, 2.45) is 5.73 Å². The zero-order valence-electron chi connectivity index (χ0n) is 11.2. The lowest BCUT2D eigenvalue weighted by molar-refractivity contribution is -0.130. The number of aromatic nitrogens is 1. The first-order chi connectivity index (χ1) is 10.1. The third-order valence-corrected chi connectivity index (χ3v) is 4.19. The van der Waals surface area contributed by atoms with Crippen LogP contribution in [0.5, 0.6) is 0 Å². The third kappa shape index (κ3) is 3.03. The molecule has 7 heteroatoms. The predicted octanol–water partition coefficient (Wildman–Crippen LogP) is 1.64. The summed E-state index contributed by atoms with van der Waals surface area (Å²) in [6.45, 7) is 1.52. The molecule has 5 nitrogen and oxygen atoms in total. The van der Waals surface area contributed by atoms with E-state index < -0.39 is 12.0 Å². The lowest BCUT2D eigenvalue weighted by atomic mass is 10.2. The summed E-state index contributed by atoms with van der Waals surface area (Å²) in [7, 11) is 0. The minimum Gasteiger partial charge on any atom is -0.367 e. The number of halogens is 1. The van der Waals surface area contributed by atoms with Gasteiger partial charge < -0.3 is 15.4 Å². The van der Waals surface area contributed by atoms with Crippen molar-refractivity contribution in [2.45, 2.75) is 6.10 Å². The van der Waals surface area contributed by atoms with Crippen LogP contribution < -0.4 is 10.6 Å². The van der Waals surface area contributed by atoms with Gasteiger partial charge >= 0.3 is 0 Å². The van der Waals surface area contributed by atoms with Crippen LogP contribution in [0, 0.1) is 5.82 Å². The highest BCUT2D eigenvalue weighted by Crippen LogP contribution is 2.28. The third-order valence-electron chi connectivity index (χ3n) is 3.29. The van der Waals surface area contributed by atoms with E-state index in [2.05, 4.69) is 4.98 Å². The molecular weight excluding hydrogens is 293 g/mol. The Morgan fingerprint density at radius 3 is 2.90 bits per heavy atom. The van der Waals surface area contributed by atoms with E-state index >= 15 is 0 Å². The van der Waals surface area contributed by atoms with Gasteiger partial charge in [0.2, 0.25) is 5.91 Å². The van der Waals surface area contributed by atoms with Crippen molar-refractivity contribution in [1.29, 1.82) is 0 Å². The average molecular weight is 307 g/mol. The number of anilines is 1. The van der Waals surface area contributed by atoms with Crippen LogP contribution in [0.4, 0.5) is 9.52 Å². The summed E-state index contributed by atoms with van der Waals surface area (Å²) in [6.07, 6.45) is -0.600. The van der Waals surface area contributed by atoms with Crippen LogP contribution in [-0.4, -0.2) is 36.7 Å². The molecule has 0 bridgehead atoms. The molecule has 1 unspecified atom stereocenters. The van der Waals surface area contributed by atoms with Gasteiger partial charge in [-0.1, -0.05) is 0 Å². The standard InChI is InChI=1S/C14H14FN3O2S/c15-10-3-1-9(2-4-10)11-8-21-14(17-11)18-5-6-20-12(7-18)13(16)19/h1-4,8,12H,5-7H2,(H2,16,19). The molecule has 21 heavy (non-hydrogen) atoms. The van der Waals surface area contributed by atoms with E-state index in [1.807, 2.05) is 10.3 Å². The molecule has 1 aromatic carbocycles. The molecule has 2 aromatic rings. The van der Waals surface area contributed by atoms with E-state index in [4.69, 9.17) is 10.5 Å². The van der Waals surface area contributed by atoms with Gasteiger partial charge in [0.15, 0.2) is 11.2 Å². The fourth-order valence-corrected chi connectivity index (χ4v) is 3.03. The second-order valence-corrected chi connectivity index (χ2v) is 5.57. The Labute approximate surface area is 125 Å². The zero-order chi connectivity index (χ0) is 14.8. The first-order valence-corrected chi connectivity index (χ1v) is 7.39. The highest BCUT2D eigenvalue weighted by molar-refractivity contribution is 7.14. The van der Waals surface area contributed by atoms with Crippen molar-refractivity contribution in [2.75, 3.05) is 24.6 Å². The van der Waals surface area contributed by atoms with Crippen molar-refractivity contribution in [3.05, 3.63) is 35.5 Å². The number of carbonyl (C=O) groups excluding carboxylic acids is 1. The summed E-state index contributed by atoms with van der Waals surface area (Å²) in [6, 6.07) is 6.21. The van der Waals surface area contributed by atoms with Gasteiger partial charge in [-0.2, -0.15) is 0 Å². The molecule has 1 fully saturated rings. The summed E-state index contributed by atoms with van der Waals surface area (Å²) in [5.41, 5.74) is 6.92. The number of benzene rings is 1. The SMILES string of the molecule is NC(=O)C1CN(c2nc(-c3ccc(F)cc3)cs2)CCO1. The van der Waals surface area contributed by atoms with Crippen molar-refractivity contribution in [1.82, 2.24) is 4.98 Å². The Bertz CT molecular complexity index is 644. The fourth-order valence-electron chi connectivity index (χ4n) is 2.16. The maximum atomic E-state index is 12.9. The topological polar surface area (TPSA) is 68.5 Å². The van der Waals surface area contributed by atoms with E-state index in [1.165, 1.54) is 23.5 Å². The molecule has 0 saturated carbocycles. The van der Waals surface area contributed by atoms with E-state index in [1.54, 1.807) is 12.1 Å². The quantitative estimate of drug-likeness (QED) is 0.936. The smallest absolute Gasteiger partial charge is 0.248 e. The second-order valence-electron chi connectivity index (χ2n) is 4.73. The van der Waals surface area contributed by atoms with Gasteiger partial charge in [-0.25, -0.2) is 9.37 Å². The Morgan fingerprint density at radius 2 is 2.19 bits per heavy atom. The predicted molar refractivity (Wildman–Crippen MR) is 78.7 cm³/mol. The van der Waals surface area contributed by atoms with Gasteiger partial charge in [-0.15, -0.1) is 11.3 Å². The minimum absolute atomic E-state index is 0.272. The van der Waals surface area contributed by atoms with Gasteiger partial charge in [-0.3, -0.25) is 4.79 Å². The minimum atomic E-state index is -0.600. The van der Waals surface area contributed by atoms with Crippen LogP contribution in [0.15, 0.2) is 29.6 Å². The van der Waals surface area contributed by atoms with E-state index in [-0.39, 0.29) is 5.82 Å². The number of thiazole rings is 1. The lowest BCUT2D eigenvalue weighted by Gasteiger charge is -2.30. The van der Waals surface area contributed by atoms with Crippen molar-refractivity contribution in [3.63, 3.8) is 0 Å². The number of hydrogen-bond donors (Lipinski definition) is 1. The molecule has 1 aliphatic heterocycles. The second kappa shape index (κ2) is 5.79. The number of nitrogens with zero attached hydrogens (tertiary/aromatic N) is 2. The summed E-state index contributed by atoms with van der Waals surface area (Å²) < 4.78 is 18.2. The normalized spacial score (nSPS) is 18.7. The van der Waals surface area contributed by atoms with Crippen molar-refractivity contribution in [3.8, 4) is 11.3 Å². The number of rotatable bonds is 3. The number of nitrogens with two attached hydrogens (primary N) is 1. The molecule has 3 rings (SSSR count). The van der Waals surface area contributed by atoms with Gasteiger partial charge in [0.1, 0.15) is 5.82 Å². The first kappa shape index (κ1) is 14.0. The molecule has 110 valence electrons. The molecule has 0 radical (unpaired) electrons. The number of ether oxygens (including phenoxy) is 1. The largest absolute Gasteiger partial charge is 0.367 e. The van der Waals surface area contributed by atoms with Gasteiger partial charge in [0.05, 0.1) is 18.8 Å². The van der Waals surface area contributed by atoms with Crippen LogP contribution >= 0.6 is 11.3 Å². The summed E-state index contributed by atoms with van der Waals surface area (Å²) in [4.78, 5) is 17.7. The van der Waals surface area contributed by atoms with Crippen LogP contribution in [0.2, 0.25) is 0 Å². The number of morpholine rings is 1. The summed E-state index contributed by atoms with van der Waals surface area (Å²) in [5.74, 6) is -0.735. The highest BCUT2D eigenvalue weighted by atomic mass is 32.1. The van der Waals surface area contributed by atoms with Gasteiger partial charge in [0.25, 0.3) is 0 Å². The molecular formula is C14H14FN3O2S. The Hall–Kier alpha value is -1.99. The van der Waals surface area contributed by atoms with Crippen LogP contribution in [0.1, 0.15) is 0 Å². The van der Waals surface area contributed by atoms with E-state index in [9.17, 15) is 9.18 Å². The Balaban J connectivity index is 1.78. The first-order valence-electron chi connectivity index (χ1n) is 6.51. The molecule has 2 heterocycles. The monoisotopic (exact) mass is 307 g/mol. The molecule has 1 saturated heterocycles. The Morgan fingerprint density at radius 1 is 1.43 bits per heavy atom. The van der Waals surface area contributed by atoms with Crippen LogP contribution in [0.3, 0.4) is 0 Å². The van der Waals surface area contributed by atoms with Crippen LogP contribution in [-0.2, 0) is 9.53 Å². The lowest BCUT2D eigenvalue weighted by Crippen LogP contribution is -2.48. The van der Waals surface area contributed by atoms with Gasteiger partial charge in [0, 0.05) is 17.5 Å². The van der Waals surface area contributed by atoms with E-state index in [0.717, 1.165) is 16.4 Å². The number of carbonyl (C=O) groups is 1. The number of primary amides is 1. The highest BCUT2D eigenvalue weighted by Gasteiger charge is 2.26. The fraction of sp³-hybridized carbons (Fsp3) is 0.286. The maximum Gasteiger partial charge on any atom is 0.248 e. The number of hydrogen-bond acceptors (Lipinski definition) is 5. The molecule has 0 aliphatic carbocycles. The number of amides is 1. The van der Waals surface area contributed by atoms with Gasteiger partial charge in [-0.05, 0) is 24.3 Å². The Kier molecular flexibility index (Phi) is 3.85. The van der Waals surface area contributed by atoms with Crippen molar-refractivity contribution >= 4 is 22.4 Å².